The molecule has 6 nitrogen and oxygen atoms in total. The van der Waals surface area contributed by atoms with Crippen LogP contribution in [0.3, 0.4) is 0 Å². The Morgan fingerprint density at radius 2 is 1.96 bits per heavy atom. The van der Waals surface area contributed by atoms with Gasteiger partial charge in [-0.15, -0.1) is 6.58 Å². The summed E-state index contributed by atoms with van der Waals surface area (Å²) in [4.78, 5) is 14.3. The number of hydrogen-bond donors (Lipinski definition) is 2. The van der Waals surface area contributed by atoms with Crippen LogP contribution >= 0.6 is 0 Å². The van der Waals surface area contributed by atoms with Crippen molar-refractivity contribution in [2.45, 2.75) is 6.61 Å². The maximum atomic E-state index is 12.0. The van der Waals surface area contributed by atoms with Crippen molar-refractivity contribution < 1.29 is 4.74 Å². The minimum absolute atomic E-state index is 0.0617. The van der Waals surface area contributed by atoms with E-state index in [1.807, 2.05) is 18.2 Å². The summed E-state index contributed by atoms with van der Waals surface area (Å²) in [6.07, 6.45) is 1.62. The molecule has 0 radical (unpaired) electrons. The van der Waals surface area contributed by atoms with E-state index in [2.05, 4.69) is 11.6 Å². The van der Waals surface area contributed by atoms with Crippen LogP contribution in [0.25, 0.3) is 11.1 Å². The lowest BCUT2D eigenvalue weighted by molar-refractivity contribution is 0.149. The molecule has 0 saturated carbocycles. The second kappa shape index (κ2) is 7.08. The summed E-state index contributed by atoms with van der Waals surface area (Å²) in [5.74, 6) is -0.0617. The van der Waals surface area contributed by atoms with Gasteiger partial charge in [0.15, 0.2) is 0 Å². The molecule has 1 heterocycles. The summed E-state index contributed by atoms with van der Waals surface area (Å²) in [6, 6.07) is 10.9. The molecule has 0 aliphatic carbocycles. The van der Waals surface area contributed by atoms with Crippen molar-refractivity contribution in [3.05, 3.63) is 64.0 Å². The molecule has 0 spiro atoms. The first-order valence-corrected chi connectivity index (χ1v) is 6.76. The topological polar surface area (TPSA) is 116 Å². The average Bonchev–Trinajstić information content (AvgIpc) is 2.55. The van der Waals surface area contributed by atoms with Crippen LogP contribution in [0.2, 0.25) is 0 Å². The molecule has 2 aromatic rings. The van der Waals surface area contributed by atoms with Crippen molar-refractivity contribution in [2.24, 2.45) is 0 Å². The first-order chi connectivity index (χ1) is 11.1. The van der Waals surface area contributed by atoms with Gasteiger partial charge in [0.2, 0.25) is 0 Å². The van der Waals surface area contributed by atoms with Gasteiger partial charge in [0.25, 0.3) is 5.56 Å². The Kier molecular flexibility index (Phi) is 4.93. The summed E-state index contributed by atoms with van der Waals surface area (Å²) in [5, 5.41) is 18.7. The molecule has 2 rings (SSSR count). The molecule has 0 aliphatic rings. The number of nitrogens with two attached hydrogens (primary N) is 1. The zero-order chi connectivity index (χ0) is 16.8. The zero-order valence-electron chi connectivity index (χ0n) is 12.3. The first kappa shape index (κ1) is 16.0. The van der Waals surface area contributed by atoms with Gasteiger partial charge in [-0.25, -0.2) is 0 Å². The van der Waals surface area contributed by atoms with Gasteiger partial charge in [0, 0.05) is 5.56 Å². The van der Waals surface area contributed by atoms with Gasteiger partial charge in [-0.1, -0.05) is 30.3 Å². The van der Waals surface area contributed by atoms with E-state index in [0.29, 0.717) is 12.2 Å². The number of aromatic nitrogens is 1. The number of ether oxygens (including phenoxy) is 1. The molecule has 23 heavy (non-hydrogen) atoms. The van der Waals surface area contributed by atoms with Crippen LogP contribution in [0.15, 0.2) is 41.7 Å². The third-order valence-electron chi connectivity index (χ3n) is 3.25. The molecular weight excluding hydrogens is 292 g/mol. The zero-order valence-corrected chi connectivity index (χ0v) is 12.3. The van der Waals surface area contributed by atoms with Crippen molar-refractivity contribution in [1.82, 2.24) is 4.98 Å². The number of aromatic amines is 1. The maximum Gasteiger partial charge on any atom is 0.268 e. The highest BCUT2D eigenvalue weighted by atomic mass is 16.5. The molecular formula is C17H14N4O2. The fourth-order valence-corrected chi connectivity index (χ4v) is 2.25. The molecule has 6 heteroatoms. The molecule has 0 atom stereocenters. The van der Waals surface area contributed by atoms with E-state index in [1.165, 1.54) is 0 Å². The van der Waals surface area contributed by atoms with E-state index in [0.717, 1.165) is 5.56 Å². The molecule has 0 fully saturated rings. The number of hydrogen-bond acceptors (Lipinski definition) is 5. The van der Waals surface area contributed by atoms with Crippen molar-refractivity contribution in [2.75, 3.05) is 12.3 Å². The SMILES string of the molecule is C=CCOCc1ccccc1-c1c(C#N)c(N)[nH]c(=O)c1C#N. The van der Waals surface area contributed by atoms with E-state index in [-0.39, 0.29) is 29.1 Å². The lowest BCUT2D eigenvalue weighted by Gasteiger charge is -2.13. The Morgan fingerprint density at radius 1 is 1.26 bits per heavy atom. The minimum atomic E-state index is -0.624. The fourth-order valence-electron chi connectivity index (χ4n) is 2.25. The predicted molar refractivity (Wildman–Crippen MR) is 86.2 cm³/mol. The van der Waals surface area contributed by atoms with Gasteiger partial charge in [-0.05, 0) is 11.1 Å². The Hall–Kier alpha value is -3.35. The van der Waals surface area contributed by atoms with Crippen LogP contribution in [-0.4, -0.2) is 11.6 Å². The number of benzene rings is 1. The molecule has 0 saturated heterocycles. The van der Waals surface area contributed by atoms with E-state index < -0.39 is 5.56 Å². The average molecular weight is 306 g/mol. The number of nitrogens with zero attached hydrogens (tertiary/aromatic N) is 2. The predicted octanol–water partition coefficient (Wildman–Crippen LogP) is 2.07. The third-order valence-corrected chi connectivity index (χ3v) is 3.25. The highest BCUT2D eigenvalue weighted by Crippen LogP contribution is 2.31. The summed E-state index contributed by atoms with van der Waals surface area (Å²) in [5.41, 5.74) is 6.57. The normalized spacial score (nSPS) is 9.83. The number of H-pyrrole nitrogens is 1. The molecule has 1 aromatic carbocycles. The lowest BCUT2D eigenvalue weighted by atomic mass is 9.93. The quantitative estimate of drug-likeness (QED) is 0.648. The first-order valence-electron chi connectivity index (χ1n) is 6.76. The number of nitriles is 2. The van der Waals surface area contributed by atoms with Crippen LogP contribution in [-0.2, 0) is 11.3 Å². The van der Waals surface area contributed by atoms with Gasteiger partial charge >= 0.3 is 0 Å². The smallest absolute Gasteiger partial charge is 0.268 e. The summed E-state index contributed by atoms with van der Waals surface area (Å²) >= 11 is 0. The van der Waals surface area contributed by atoms with Crippen LogP contribution in [0.1, 0.15) is 16.7 Å². The summed E-state index contributed by atoms with van der Waals surface area (Å²) < 4.78 is 5.44. The van der Waals surface area contributed by atoms with Gasteiger partial charge < -0.3 is 15.5 Å². The highest BCUT2D eigenvalue weighted by molar-refractivity contribution is 5.81. The van der Waals surface area contributed by atoms with E-state index in [4.69, 9.17) is 10.5 Å². The summed E-state index contributed by atoms with van der Waals surface area (Å²) in [6.45, 7) is 4.20. The number of nitrogens with one attached hydrogen (secondary N) is 1. The molecule has 0 unspecified atom stereocenters. The lowest BCUT2D eigenvalue weighted by Crippen LogP contribution is -2.16. The summed E-state index contributed by atoms with van der Waals surface area (Å²) in [7, 11) is 0. The van der Waals surface area contributed by atoms with Gasteiger partial charge in [0.1, 0.15) is 29.1 Å². The van der Waals surface area contributed by atoms with Gasteiger partial charge in [0.05, 0.1) is 13.2 Å². The highest BCUT2D eigenvalue weighted by Gasteiger charge is 2.20. The number of pyridine rings is 1. The Labute approximate surface area is 133 Å². The van der Waals surface area contributed by atoms with E-state index >= 15 is 0 Å². The molecule has 3 N–H and O–H groups in total. The van der Waals surface area contributed by atoms with Gasteiger partial charge in [-0.3, -0.25) is 4.79 Å². The van der Waals surface area contributed by atoms with E-state index in [1.54, 1.807) is 24.3 Å². The number of anilines is 1. The van der Waals surface area contributed by atoms with Gasteiger partial charge in [-0.2, -0.15) is 10.5 Å². The second-order valence-corrected chi connectivity index (χ2v) is 4.68. The Balaban J connectivity index is 2.73. The molecule has 0 amide bonds. The largest absolute Gasteiger partial charge is 0.384 e. The fraction of sp³-hybridized carbons (Fsp3) is 0.118. The van der Waals surface area contributed by atoms with Crippen LogP contribution in [0.5, 0.6) is 0 Å². The van der Waals surface area contributed by atoms with Crippen molar-refractivity contribution in [3.63, 3.8) is 0 Å². The third kappa shape index (κ3) is 3.13. The number of nitrogen functional groups attached to an aromatic ring is 1. The molecule has 0 aliphatic heterocycles. The van der Waals surface area contributed by atoms with E-state index in [9.17, 15) is 15.3 Å². The second-order valence-electron chi connectivity index (χ2n) is 4.68. The van der Waals surface area contributed by atoms with Crippen molar-refractivity contribution in [3.8, 4) is 23.3 Å². The van der Waals surface area contributed by atoms with Crippen molar-refractivity contribution >= 4 is 5.82 Å². The van der Waals surface area contributed by atoms with Crippen LogP contribution < -0.4 is 11.3 Å². The van der Waals surface area contributed by atoms with Crippen LogP contribution in [0, 0.1) is 22.7 Å². The maximum absolute atomic E-state index is 12.0. The van der Waals surface area contributed by atoms with Crippen LogP contribution in [0.4, 0.5) is 5.82 Å². The molecule has 0 bridgehead atoms. The number of rotatable bonds is 5. The molecule has 1 aromatic heterocycles. The standard InChI is InChI=1S/C17H14N4O2/c1-2-7-23-10-11-5-3-4-6-12(11)15-13(8-18)16(20)21-17(22)14(15)9-19/h2-6H,1,7,10H2,(H3,20,21,22). The Morgan fingerprint density at radius 3 is 2.61 bits per heavy atom. The minimum Gasteiger partial charge on any atom is -0.384 e. The van der Waals surface area contributed by atoms with Crippen molar-refractivity contribution in [1.29, 1.82) is 10.5 Å². The Bertz CT molecular complexity index is 885. The monoisotopic (exact) mass is 306 g/mol. The molecule has 114 valence electrons.